The minimum atomic E-state index is 0.0747. The molecule has 1 unspecified atom stereocenters. The van der Waals surface area contributed by atoms with E-state index < -0.39 is 0 Å². The van der Waals surface area contributed by atoms with Crippen molar-refractivity contribution in [2.75, 3.05) is 66.2 Å². The van der Waals surface area contributed by atoms with E-state index in [1.54, 1.807) is 7.11 Å². The fraction of sp³-hybridized carbons (Fsp3) is 0.933. The van der Waals surface area contributed by atoms with Crippen LogP contribution >= 0.6 is 0 Å². The molecule has 122 valence electrons. The quantitative estimate of drug-likeness (QED) is 0.636. The SMILES string of the molecule is COCCCOCCN1CCCC1C(=O)N1CCNCC1. The van der Waals surface area contributed by atoms with Crippen molar-refractivity contribution in [2.45, 2.75) is 25.3 Å². The molecule has 2 fully saturated rings. The molecule has 0 aliphatic carbocycles. The summed E-state index contributed by atoms with van der Waals surface area (Å²) in [7, 11) is 1.70. The molecule has 2 heterocycles. The normalized spacial score (nSPS) is 23.7. The summed E-state index contributed by atoms with van der Waals surface area (Å²) in [5.41, 5.74) is 0. The van der Waals surface area contributed by atoms with Crippen LogP contribution in [-0.4, -0.2) is 87.9 Å². The van der Waals surface area contributed by atoms with Gasteiger partial charge in [0.2, 0.25) is 5.91 Å². The van der Waals surface area contributed by atoms with E-state index in [0.29, 0.717) is 12.5 Å². The smallest absolute Gasteiger partial charge is 0.240 e. The third kappa shape index (κ3) is 5.21. The largest absolute Gasteiger partial charge is 0.385 e. The highest BCUT2D eigenvalue weighted by Crippen LogP contribution is 2.19. The molecule has 0 radical (unpaired) electrons. The predicted octanol–water partition coefficient (Wildman–Crippen LogP) is -0.0643. The number of amides is 1. The van der Waals surface area contributed by atoms with E-state index in [4.69, 9.17) is 9.47 Å². The molecule has 0 saturated carbocycles. The second-order valence-electron chi connectivity index (χ2n) is 5.73. The van der Waals surface area contributed by atoms with E-state index in [1.807, 2.05) is 4.90 Å². The monoisotopic (exact) mass is 299 g/mol. The molecule has 2 aliphatic rings. The molecule has 6 heteroatoms. The topological polar surface area (TPSA) is 54.0 Å². The zero-order valence-corrected chi connectivity index (χ0v) is 13.2. The third-order valence-electron chi connectivity index (χ3n) is 4.24. The molecule has 1 atom stereocenters. The van der Waals surface area contributed by atoms with Crippen molar-refractivity contribution in [1.82, 2.24) is 15.1 Å². The van der Waals surface area contributed by atoms with Crippen LogP contribution in [0.2, 0.25) is 0 Å². The van der Waals surface area contributed by atoms with Gasteiger partial charge in [0.05, 0.1) is 12.6 Å². The third-order valence-corrected chi connectivity index (χ3v) is 4.24. The van der Waals surface area contributed by atoms with E-state index in [-0.39, 0.29) is 6.04 Å². The van der Waals surface area contributed by atoms with E-state index >= 15 is 0 Å². The van der Waals surface area contributed by atoms with E-state index in [0.717, 1.165) is 71.7 Å². The first kappa shape index (κ1) is 16.7. The molecule has 0 aromatic carbocycles. The van der Waals surface area contributed by atoms with Gasteiger partial charge in [-0.1, -0.05) is 0 Å². The van der Waals surface area contributed by atoms with Crippen LogP contribution in [0.4, 0.5) is 0 Å². The molecule has 0 bridgehead atoms. The van der Waals surface area contributed by atoms with E-state index in [9.17, 15) is 4.79 Å². The maximum absolute atomic E-state index is 12.6. The Kier molecular flexibility index (Phi) is 7.43. The fourth-order valence-corrected chi connectivity index (χ4v) is 3.06. The van der Waals surface area contributed by atoms with Crippen LogP contribution in [0.15, 0.2) is 0 Å². The van der Waals surface area contributed by atoms with Gasteiger partial charge in [-0.15, -0.1) is 0 Å². The highest BCUT2D eigenvalue weighted by molar-refractivity contribution is 5.82. The second-order valence-corrected chi connectivity index (χ2v) is 5.73. The molecular weight excluding hydrogens is 270 g/mol. The van der Waals surface area contributed by atoms with Crippen LogP contribution in [0, 0.1) is 0 Å². The van der Waals surface area contributed by atoms with Gasteiger partial charge in [-0.3, -0.25) is 9.69 Å². The van der Waals surface area contributed by atoms with E-state index in [1.165, 1.54) is 0 Å². The average molecular weight is 299 g/mol. The summed E-state index contributed by atoms with van der Waals surface area (Å²) in [5.74, 6) is 0.313. The minimum Gasteiger partial charge on any atom is -0.385 e. The van der Waals surface area contributed by atoms with Crippen LogP contribution in [-0.2, 0) is 14.3 Å². The number of likely N-dealkylation sites (tertiary alicyclic amines) is 1. The zero-order valence-electron chi connectivity index (χ0n) is 13.2. The Morgan fingerprint density at radius 1 is 1.19 bits per heavy atom. The standard InChI is InChI=1S/C15H29N3O3/c1-20-11-3-12-21-13-10-17-7-2-4-14(17)15(19)18-8-5-16-6-9-18/h14,16H,2-13H2,1H3. The lowest BCUT2D eigenvalue weighted by atomic mass is 10.1. The van der Waals surface area contributed by atoms with Crippen LogP contribution in [0.3, 0.4) is 0 Å². The van der Waals surface area contributed by atoms with E-state index in [2.05, 4.69) is 10.2 Å². The van der Waals surface area contributed by atoms with Gasteiger partial charge in [-0.25, -0.2) is 0 Å². The van der Waals surface area contributed by atoms with Crippen molar-refractivity contribution in [3.05, 3.63) is 0 Å². The molecule has 2 saturated heterocycles. The van der Waals surface area contributed by atoms with Crippen LogP contribution in [0.1, 0.15) is 19.3 Å². The van der Waals surface area contributed by atoms with Crippen LogP contribution in [0.5, 0.6) is 0 Å². The summed E-state index contributed by atoms with van der Waals surface area (Å²) in [5, 5.41) is 3.29. The lowest BCUT2D eigenvalue weighted by Crippen LogP contribution is -2.52. The first-order valence-electron chi connectivity index (χ1n) is 8.13. The summed E-state index contributed by atoms with van der Waals surface area (Å²) >= 11 is 0. The van der Waals surface area contributed by atoms with Gasteiger partial charge >= 0.3 is 0 Å². The zero-order chi connectivity index (χ0) is 14.9. The number of rotatable bonds is 8. The maximum atomic E-state index is 12.6. The number of hydrogen-bond acceptors (Lipinski definition) is 5. The summed E-state index contributed by atoms with van der Waals surface area (Å²) in [6.45, 7) is 7.58. The highest BCUT2D eigenvalue weighted by Gasteiger charge is 2.33. The Balaban J connectivity index is 1.68. The summed E-state index contributed by atoms with van der Waals surface area (Å²) < 4.78 is 10.6. The Morgan fingerprint density at radius 3 is 2.76 bits per heavy atom. The molecule has 1 N–H and O–H groups in total. The number of piperazine rings is 1. The first-order chi connectivity index (χ1) is 10.3. The Bertz CT molecular complexity index is 309. The van der Waals surface area contributed by atoms with Gasteiger partial charge in [0.25, 0.3) is 0 Å². The van der Waals surface area contributed by atoms with Gasteiger partial charge < -0.3 is 19.7 Å². The number of carbonyl (C=O) groups is 1. The maximum Gasteiger partial charge on any atom is 0.240 e. The summed E-state index contributed by atoms with van der Waals surface area (Å²) in [4.78, 5) is 16.9. The molecule has 2 rings (SSSR count). The van der Waals surface area contributed by atoms with Crippen LogP contribution < -0.4 is 5.32 Å². The van der Waals surface area contributed by atoms with Crippen molar-refractivity contribution >= 4 is 5.91 Å². The Hall–Kier alpha value is -0.690. The van der Waals surface area contributed by atoms with Crippen molar-refractivity contribution < 1.29 is 14.3 Å². The Morgan fingerprint density at radius 2 is 2.00 bits per heavy atom. The number of nitrogens with one attached hydrogen (secondary N) is 1. The van der Waals surface area contributed by atoms with Gasteiger partial charge in [-0.2, -0.15) is 0 Å². The molecule has 0 spiro atoms. The molecule has 2 aliphatic heterocycles. The number of nitrogens with zero attached hydrogens (tertiary/aromatic N) is 2. The van der Waals surface area contributed by atoms with Crippen molar-refractivity contribution in [3.8, 4) is 0 Å². The molecule has 21 heavy (non-hydrogen) atoms. The molecular formula is C15H29N3O3. The first-order valence-corrected chi connectivity index (χ1v) is 8.13. The summed E-state index contributed by atoms with van der Waals surface area (Å²) in [6.07, 6.45) is 3.04. The van der Waals surface area contributed by atoms with Crippen LogP contribution in [0.25, 0.3) is 0 Å². The second kappa shape index (κ2) is 9.35. The molecule has 0 aromatic heterocycles. The lowest BCUT2D eigenvalue weighted by molar-refractivity contribution is -0.136. The van der Waals surface area contributed by atoms with Crippen molar-refractivity contribution in [2.24, 2.45) is 0 Å². The molecule has 1 amide bonds. The molecule has 6 nitrogen and oxygen atoms in total. The predicted molar refractivity (Wildman–Crippen MR) is 81.4 cm³/mol. The minimum absolute atomic E-state index is 0.0747. The fourth-order valence-electron chi connectivity index (χ4n) is 3.06. The highest BCUT2D eigenvalue weighted by atomic mass is 16.5. The van der Waals surface area contributed by atoms with Gasteiger partial charge in [0.1, 0.15) is 0 Å². The van der Waals surface area contributed by atoms with Crippen molar-refractivity contribution in [3.63, 3.8) is 0 Å². The molecule has 0 aromatic rings. The summed E-state index contributed by atoms with van der Waals surface area (Å²) in [6, 6.07) is 0.0747. The van der Waals surface area contributed by atoms with Gasteiger partial charge in [-0.05, 0) is 25.8 Å². The number of carbonyl (C=O) groups excluding carboxylic acids is 1. The Labute approximate surface area is 127 Å². The lowest BCUT2D eigenvalue weighted by Gasteiger charge is -2.32. The number of hydrogen-bond donors (Lipinski definition) is 1. The number of ether oxygens (including phenoxy) is 2. The van der Waals surface area contributed by atoms with Gasteiger partial charge in [0.15, 0.2) is 0 Å². The number of methoxy groups -OCH3 is 1. The average Bonchev–Trinajstić information content (AvgIpc) is 2.99. The van der Waals surface area contributed by atoms with Crippen molar-refractivity contribution in [1.29, 1.82) is 0 Å². The van der Waals surface area contributed by atoms with Gasteiger partial charge in [0, 0.05) is 53.0 Å².